The lowest BCUT2D eigenvalue weighted by atomic mass is 10.1. The van der Waals surface area contributed by atoms with Crippen LogP contribution in [0.4, 0.5) is 0 Å². The zero-order chi connectivity index (χ0) is 9.23. The summed E-state index contributed by atoms with van der Waals surface area (Å²) in [4.78, 5) is 0. The van der Waals surface area contributed by atoms with Crippen LogP contribution in [0.25, 0.3) is 0 Å². The summed E-state index contributed by atoms with van der Waals surface area (Å²) in [5, 5.41) is 0. The first-order chi connectivity index (χ1) is 5.85. The van der Waals surface area contributed by atoms with Crippen molar-refractivity contribution in [2.75, 3.05) is 13.2 Å². The van der Waals surface area contributed by atoms with E-state index < -0.39 is 0 Å². The van der Waals surface area contributed by atoms with Crippen LogP contribution in [-0.4, -0.2) is 19.3 Å². The molecule has 3 nitrogen and oxygen atoms in total. The minimum atomic E-state index is 0.427. The molecule has 0 radical (unpaired) electrons. The van der Waals surface area contributed by atoms with Crippen LogP contribution in [0.3, 0.4) is 0 Å². The van der Waals surface area contributed by atoms with Gasteiger partial charge in [-0.3, -0.25) is 11.3 Å². The smallest absolute Gasteiger partial charge is 0.0481 e. The number of hydrogen-bond acceptors (Lipinski definition) is 3. The number of ether oxygens (including phenoxy) is 1. The third kappa shape index (κ3) is 6.58. The normalized spacial score (nSPS) is 13.2. The first-order valence-corrected chi connectivity index (χ1v) is 4.89. The second kappa shape index (κ2) is 8.97. The van der Waals surface area contributed by atoms with Gasteiger partial charge in [-0.25, -0.2) is 0 Å². The van der Waals surface area contributed by atoms with Crippen molar-refractivity contribution in [2.45, 2.75) is 45.6 Å². The molecular formula is C9H22N2O. The molecule has 0 saturated carbocycles. The van der Waals surface area contributed by atoms with Crippen LogP contribution in [0.15, 0.2) is 0 Å². The Bertz CT molecular complexity index is 88.6. The van der Waals surface area contributed by atoms with Crippen LogP contribution in [0.1, 0.15) is 39.5 Å². The Kier molecular flexibility index (Phi) is 8.88. The van der Waals surface area contributed by atoms with Gasteiger partial charge in [-0.1, -0.05) is 19.8 Å². The Hall–Kier alpha value is -0.120. The van der Waals surface area contributed by atoms with Gasteiger partial charge in [-0.05, 0) is 19.8 Å². The molecule has 0 aromatic rings. The Morgan fingerprint density at radius 2 is 2.08 bits per heavy atom. The highest BCUT2D eigenvalue weighted by molar-refractivity contribution is 4.62. The second-order valence-corrected chi connectivity index (χ2v) is 2.99. The molecule has 0 rings (SSSR count). The molecule has 0 bridgehead atoms. The molecule has 3 N–H and O–H groups in total. The average Bonchev–Trinajstić information content (AvgIpc) is 2.11. The van der Waals surface area contributed by atoms with E-state index in [-0.39, 0.29) is 0 Å². The Labute approximate surface area is 75.6 Å². The van der Waals surface area contributed by atoms with Crippen molar-refractivity contribution in [3.05, 3.63) is 0 Å². The van der Waals surface area contributed by atoms with Gasteiger partial charge in [0.2, 0.25) is 0 Å². The quantitative estimate of drug-likeness (QED) is 0.332. The van der Waals surface area contributed by atoms with Gasteiger partial charge >= 0.3 is 0 Å². The lowest BCUT2D eigenvalue weighted by Gasteiger charge is -2.14. The first-order valence-electron chi connectivity index (χ1n) is 4.89. The topological polar surface area (TPSA) is 47.3 Å². The van der Waals surface area contributed by atoms with Crippen molar-refractivity contribution in [1.82, 2.24) is 5.43 Å². The predicted octanol–water partition coefficient (Wildman–Crippen LogP) is 1.44. The molecular weight excluding hydrogens is 152 g/mol. The van der Waals surface area contributed by atoms with E-state index in [1.807, 2.05) is 6.92 Å². The Morgan fingerprint density at radius 1 is 1.33 bits per heavy atom. The third-order valence-electron chi connectivity index (χ3n) is 1.96. The van der Waals surface area contributed by atoms with Gasteiger partial charge in [0.05, 0.1) is 0 Å². The molecule has 1 atom stereocenters. The summed E-state index contributed by atoms with van der Waals surface area (Å²) >= 11 is 0. The largest absolute Gasteiger partial charge is 0.382 e. The van der Waals surface area contributed by atoms with E-state index in [2.05, 4.69) is 12.3 Å². The van der Waals surface area contributed by atoms with E-state index in [9.17, 15) is 0 Å². The molecule has 0 amide bonds. The van der Waals surface area contributed by atoms with Crippen molar-refractivity contribution in [3.63, 3.8) is 0 Å². The second-order valence-electron chi connectivity index (χ2n) is 2.99. The molecule has 0 fully saturated rings. The number of nitrogens with one attached hydrogen (secondary N) is 1. The fraction of sp³-hybridized carbons (Fsp3) is 1.00. The molecule has 0 saturated heterocycles. The highest BCUT2D eigenvalue weighted by Gasteiger charge is 2.04. The lowest BCUT2D eigenvalue weighted by molar-refractivity contribution is 0.135. The number of rotatable bonds is 8. The van der Waals surface area contributed by atoms with Crippen LogP contribution in [-0.2, 0) is 4.74 Å². The maximum atomic E-state index is 5.39. The summed E-state index contributed by atoms with van der Waals surface area (Å²) in [6.45, 7) is 5.81. The lowest BCUT2D eigenvalue weighted by Crippen LogP contribution is -2.35. The predicted molar refractivity (Wildman–Crippen MR) is 51.7 cm³/mol. The number of hydrogen-bond donors (Lipinski definition) is 2. The van der Waals surface area contributed by atoms with Crippen molar-refractivity contribution in [1.29, 1.82) is 0 Å². The molecule has 0 heterocycles. The zero-order valence-electron chi connectivity index (χ0n) is 8.31. The summed E-state index contributed by atoms with van der Waals surface area (Å²) in [5.74, 6) is 5.39. The average molecular weight is 174 g/mol. The van der Waals surface area contributed by atoms with Crippen molar-refractivity contribution in [2.24, 2.45) is 5.84 Å². The van der Waals surface area contributed by atoms with Gasteiger partial charge in [0.25, 0.3) is 0 Å². The van der Waals surface area contributed by atoms with Gasteiger partial charge in [-0.2, -0.15) is 0 Å². The van der Waals surface area contributed by atoms with E-state index in [0.717, 1.165) is 26.1 Å². The molecule has 0 aliphatic carbocycles. The number of nitrogens with two attached hydrogens (primary N) is 1. The van der Waals surface area contributed by atoms with E-state index in [1.54, 1.807) is 0 Å². The fourth-order valence-electron chi connectivity index (χ4n) is 1.13. The highest BCUT2D eigenvalue weighted by atomic mass is 16.5. The summed E-state index contributed by atoms with van der Waals surface area (Å²) in [5.41, 5.74) is 2.82. The molecule has 1 unspecified atom stereocenters. The fourth-order valence-corrected chi connectivity index (χ4v) is 1.13. The van der Waals surface area contributed by atoms with Crippen molar-refractivity contribution in [3.8, 4) is 0 Å². The van der Waals surface area contributed by atoms with E-state index >= 15 is 0 Å². The maximum Gasteiger partial charge on any atom is 0.0481 e. The highest BCUT2D eigenvalue weighted by Crippen LogP contribution is 2.03. The van der Waals surface area contributed by atoms with E-state index in [1.165, 1.54) is 12.8 Å². The van der Waals surface area contributed by atoms with Gasteiger partial charge in [0.15, 0.2) is 0 Å². The van der Waals surface area contributed by atoms with Crippen LogP contribution >= 0.6 is 0 Å². The molecule has 0 aromatic carbocycles. The Balaban J connectivity index is 3.26. The van der Waals surface area contributed by atoms with Crippen LogP contribution in [0.5, 0.6) is 0 Å². The molecule has 0 aromatic heterocycles. The van der Waals surface area contributed by atoms with Crippen LogP contribution in [0.2, 0.25) is 0 Å². The zero-order valence-corrected chi connectivity index (χ0v) is 8.31. The minimum absolute atomic E-state index is 0.427. The van der Waals surface area contributed by atoms with Crippen molar-refractivity contribution >= 4 is 0 Å². The van der Waals surface area contributed by atoms with Gasteiger partial charge < -0.3 is 4.74 Å². The summed E-state index contributed by atoms with van der Waals surface area (Å²) in [6.07, 6.45) is 4.64. The first kappa shape index (κ1) is 11.9. The summed E-state index contributed by atoms with van der Waals surface area (Å²) in [6, 6.07) is 0.427. The Morgan fingerprint density at radius 3 is 2.58 bits per heavy atom. The maximum absolute atomic E-state index is 5.39. The van der Waals surface area contributed by atoms with Crippen LogP contribution < -0.4 is 11.3 Å². The summed E-state index contributed by atoms with van der Waals surface area (Å²) < 4.78 is 5.25. The third-order valence-corrected chi connectivity index (χ3v) is 1.96. The summed E-state index contributed by atoms with van der Waals surface area (Å²) in [7, 11) is 0. The monoisotopic (exact) mass is 174 g/mol. The molecule has 3 heteroatoms. The molecule has 74 valence electrons. The molecule has 0 aliphatic rings. The number of hydrazine groups is 1. The molecule has 12 heavy (non-hydrogen) atoms. The van der Waals surface area contributed by atoms with E-state index in [0.29, 0.717) is 6.04 Å². The van der Waals surface area contributed by atoms with Crippen LogP contribution in [0, 0.1) is 0 Å². The van der Waals surface area contributed by atoms with Gasteiger partial charge in [0, 0.05) is 19.3 Å². The standard InChI is InChI=1S/C9H22N2O/c1-3-5-6-9(11-10)7-8-12-4-2/h9,11H,3-8,10H2,1-2H3. The van der Waals surface area contributed by atoms with Gasteiger partial charge in [-0.15, -0.1) is 0 Å². The van der Waals surface area contributed by atoms with E-state index in [4.69, 9.17) is 10.6 Å². The minimum Gasteiger partial charge on any atom is -0.382 e. The van der Waals surface area contributed by atoms with Gasteiger partial charge in [0.1, 0.15) is 0 Å². The number of unbranched alkanes of at least 4 members (excludes halogenated alkanes) is 1. The SMILES string of the molecule is CCCCC(CCOCC)NN. The van der Waals surface area contributed by atoms with Crippen molar-refractivity contribution < 1.29 is 4.74 Å². The molecule has 0 spiro atoms. The molecule has 0 aliphatic heterocycles.